The summed E-state index contributed by atoms with van der Waals surface area (Å²) in [6.45, 7) is 8.37. The van der Waals surface area contributed by atoms with Crippen LogP contribution in [-0.4, -0.2) is 56.6 Å². The van der Waals surface area contributed by atoms with E-state index in [1.807, 2.05) is 25.1 Å². The molecule has 1 saturated heterocycles. The Kier molecular flexibility index (Phi) is 6.66. The maximum Gasteiger partial charge on any atom is 0.414 e. The van der Waals surface area contributed by atoms with Crippen molar-refractivity contribution in [1.29, 1.82) is 0 Å². The minimum atomic E-state index is -3.60. The number of rotatable bonds is 4. The van der Waals surface area contributed by atoms with E-state index in [1.54, 1.807) is 47.9 Å². The van der Waals surface area contributed by atoms with Crippen LogP contribution in [0.2, 0.25) is 0 Å². The van der Waals surface area contributed by atoms with Gasteiger partial charge in [-0.15, -0.1) is 4.41 Å². The number of fused-ring (bicyclic) bond motifs is 1. The van der Waals surface area contributed by atoms with Gasteiger partial charge in [-0.05, 0) is 62.6 Å². The van der Waals surface area contributed by atoms with Crippen LogP contribution in [0.25, 0.3) is 11.1 Å². The quantitative estimate of drug-likeness (QED) is 0.712. The molecule has 34 heavy (non-hydrogen) atoms. The molecule has 0 bridgehead atoms. The highest BCUT2D eigenvalue weighted by Gasteiger charge is 2.35. The molecule has 182 valence electrons. The molecule has 4 rings (SSSR count). The molecule has 2 amide bonds. The van der Waals surface area contributed by atoms with Crippen LogP contribution in [-0.2, 0) is 19.6 Å². The van der Waals surface area contributed by atoms with Crippen LogP contribution in [0.1, 0.15) is 34.1 Å². The summed E-state index contributed by atoms with van der Waals surface area (Å²) in [5.41, 5.74) is 5.68. The highest BCUT2D eigenvalue weighted by atomic mass is 32.2. The predicted molar refractivity (Wildman–Crippen MR) is 130 cm³/mol. The van der Waals surface area contributed by atoms with Gasteiger partial charge in [0.1, 0.15) is 0 Å². The Bertz CT molecular complexity index is 1190. The molecule has 1 fully saturated rings. The van der Waals surface area contributed by atoms with Gasteiger partial charge in [-0.1, -0.05) is 18.2 Å². The molecule has 10 heteroatoms. The summed E-state index contributed by atoms with van der Waals surface area (Å²) in [6.07, 6.45) is 0.0285. The van der Waals surface area contributed by atoms with E-state index in [0.29, 0.717) is 31.0 Å². The Morgan fingerprint density at radius 2 is 1.74 bits per heavy atom. The third-order valence-electron chi connectivity index (χ3n) is 5.91. The number of hydrogen-bond acceptors (Lipinski definition) is 6. The molecule has 0 spiro atoms. The van der Waals surface area contributed by atoms with Crippen LogP contribution in [0, 0.1) is 0 Å². The fraction of sp³-hybridized carbons (Fsp3) is 0.417. The first-order valence-electron chi connectivity index (χ1n) is 11.4. The van der Waals surface area contributed by atoms with Gasteiger partial charge in [0.05, 0.1) is 28.4 Å². The maximum absolute atomic E-state index is 12.8. The number of benzene rings is 2. The number of nitrogens with one attached hydrogen (secondary N) is 1. The lowest BCUT2D eigenvalue weighted by Crippen LogP contribution is -2.51. The first-order valence-corrected chi connectivity index (χ1v) is 12.8. The largest absolute Gasteiger partial charge is 0.446 e. The van der Waals surface area contributed by atoms with Gasteiger partial charge in [0, 0.05) is 26.6 Å². The van der Waals surface area contributed by atoms with Crippen LogP contribution in [0.3, 0.4) is 0 Å². The minimum Gasteiger partial charge on any atom is -0.446 e. The number of nitrogens with zero attached hydrogens (tertiary/aromatic N) is 3. The Morgan fingerprint density at radius 1 is 1.06 bits per heavy atom. The summed E-state index contributed by atoms with van der Waals surface area (Å²) in [6, 6.07) is 12.0. The Hall–Kier alpha value is -2.95. The number of hydrogen-bond donors (Lipinski definition) is 1. The van der Waals surface area contributed by atoms with Gasteiger partial charge in [0.25, 0.3) is 10.0 Å². The minimum absolute atomic E-state index is 0.108. The lowest BCUT2D eigenvalue weighted by Gasteiger charge is -2.40. The van der Waals surface area contributed by atoms with Crippen LogP contribution < -0.4 is 15.2 Å². The molecule has 0 radical (unpaired) electrons. The van der Waals surface area contributed by atoms with Crippen LogP contribution in [0.5, 0.6) is 0 Å². The Labute approximate surface area is 200 Å². The van der Waals surface area contributed by atoms with E-state index >= 15 is 0 Å². The zero-order chi connectivity index (χ0) is 24.6. The molecular formula is C24H30N4O5S. The lowest BCUT2D eigenvalue weighted by molar-refractivity contribution is -0.117. The van der Waals surface area contributed by atoms with Crippen LogP contribution in [0.4, 0.5) is 16.2 Å². The van der Waals surface area contributed by atoms with Crippen molar-refractivity contribution in [2.45, 2.75) is 51.2 Å². The van der Waals surface area contributed by atoms with Crippen molar-refractivity contribution >= 4 is 33.4 Å². The van der Waals surface area contributed by atoms with E-state index in [1.165, 1.54) is 11.3 Å². The van der Waals surface area contributed by atoms with Crippen molar-refractivity contribution in [1.82, 2.24) is 9.84 Å². The number of anilines is 2. The van der Waals surface area contributed by atoms with E-state index in [4.69, 9.17) is 4.74 Å². The first-order chi connectivity index (χ1) is 16.1. The zero-order valence-corrected chi connectivity index (χ0v) is 20.6. The van der Waals surface area contributed by atoms with Gasteiger partial charge < -0.3 is 9.64 Å². The predicted octanol–water partition coefficient (Wildman–Crippen LogP) is 3.36. The summed E-state index contributed by atoms with van der Waals surface area (Å²) in [7, 11) is -3.60. The summed E-state index contributed by atoms with van der Waals surface area (Å²) < 4.78 is 32.3. The molecule has 2 aliphatic heterocycles. The topological polar surface area (TPSA) is 99.3 Å². The van der Waals surface area contributed by atoms with Gasteiger partial charge >= 0.3 is 6.09 Å². The van der Waals surface area contributed by atoms with Crippen molar-refractivity contribution in [2.24, 2.45) is 0 Å². The standard InChI is InChI=1S/C24H30N4O5S/c1-16(2)33-24(30)26-15-17(3)28(18(4)29)22-11-8-20(14-23(22)26)19-6-9-21(10-7-19)34(31,32)27-13-5-12-25-27/h6-11,14,16-17,25H,5,12-13,15H2,1-4H3/t17-/m0/s1. The van der Waals surface area contributed by atoms with E-state index in [-0.39, 0.29) is 22.9 Å². The lowest BCUT2D eigenvalue weighted by atomic mass is 10.0. The third-order valence-corrected chi connectivity index (χ3v) is 7.67. The van der Waals surface area contributed by atoms with Crippen molar-refractivity contribution in [2.75, 3.05) is 29.4 Å². The van der Waals surface area contributed by atoms with Crippen molar-refractivity contribution in [3.05, 3.63) is 42.5 Å². The summed E-state index contributed by atoms with van der Waals surface area (Å²) in [5.74, 6) is -0.108. The molecule has 2 aliphatic rings. The first kappa shape index (κ1) is 24.2. The zero-order valence-electron chi connectivity index (χ0n) is 19.8. The number of carbonyl (C=O) groups is 2. The number of hydrazine groups is 1. The second kappa shape index (κ2) is 9.36. The Morgan fingerprint density at radius 3 is 2.32 bits per heavy atom. The molecule has 2 aromatic carbocycles. The smallest absolute Gasteiger partial charge is 0.414 e. The fourth-order valence-corrected chi connectivity index (χ4v) is 5.75. The van der Waals surface area contributed by atoms with Gasteiger partial charge in [-0.25, -0.2) is 18.6 Å². The third kappa shape index (κ3) is 4.53. The normalized spacial score (nSPS) is 18.8. The van der Waals surface area contributed by atoms with Crippen molar-refractivity contribution < 1.29 is 22.7 Å². The Balaban J connectivity index is 1.70. The molecule has 0 saturated carbocycles. The monoisotopic (exact) mass is 486 g/mol. The maximum atomic E-state index is 12.8. The molecule has 2 aromatic rings. The van der Waals surface area contributed by atoms with Crippen molar-refractivity contribution in [3.63, 3.8) is 0 Å². The summed E-state index contributed by atoms with van der Waals surface area (Å²) >= 11 is 0. The molecule has 2 heterocycles. The van der Waals surface area contributed by atoms with Gasteiger partial charge in [0.2, 0.25) is 5.91 Å². The highest BCUT2D eigenvalue weighted by molar-refractivity contribution is 7.89. The number of ether oxygens (including phenoxy) is 1. The number of amides is 2. The van der Waals surface area contributed by atoms with Crippen LogP contribution in [0.15, 0.2) is 47.4 Å². The molecule has 0 aliphatic carbocycles. The second-order valence-corrected chi connectivity index (χ2v) is 10.7. The van der Waals surface area contributed by atoms with E-state index in [2.05, 4.69) is 5.43 Å². The van der Waals surface area contributed by atoms with E-state index in [0.717, 1.165) is 17.5 Å². The summed E-state index contributed by atoms with van der Waals surface area (Å²) in [4.78, 5) is 28.6. The van der Waals surface area contributed by atoms with E-state index < -0.39 is 16.1 Å². The molecule has 1 N–H and O–H groups in total. The fourth-order valence-electron chi connectivity index (χ4n) is 4.38. The average molecular weight is 487 g/mol. The highest BCUT2D eigenvalue weighted by Crippen LogP contribution is 2.39. The average Bonchev–Trinajstić information content (AvgIpc) is 3.33. The second-order valence-electron chi connectivity index (χ2n) is 8.85. The molecule has 9 nitrogen and oxygen atoms in total. The van der Waals surface area contributed by atoms with E-state index in [9.17, 15) is 18.0 Å². The van der Waals surface area contributed by atoms with Gasteiger partial charge in [0.15, 0.2) is 0 Å². The van der Waals surface area contributed by atoms with Crippen molar-refractivity contribution in [3.8, 4) is 11.1 Å². The SMILES string of the molecule is CC(=O)N1c2ccc(-c3ccc(S(=O)(=O)N4CCCN4)cc3)cc2N(C(=O)OC(C)C)C[C@@H]1C. The van der Waals surface area contributed by atoms with Gasteiger partial charge in [-0.2, -0.15) is 0 Å². The molecule has 1 atom stereocenters. The van der Waals surface area contributed by atoms with Crippen LogP contribution >= 0.6 is 0 Å². The molecular weight excluding hydrogens is 456 g/mol. The number of carbonyl (C=O) groups excluding carboxylic acids is 2. The van der Waals surface area contributed by atoms with Gasteiger partial charge in [-0.3, -0.25) is 9.69 Å². The summed E-state index contributed by atoms with van der Waals surface area (Å²) in [5, 5.41) is 0. The number of sulfonamides is 1. The molecule has 0 aromatic heterocycles. The molecule has 0 unspecified atom stereocenters.